The molecule has 0 saturated carbocycles. The van der Waals surface area contributed by atoms with Crippen LogP contribution in [-0.2, 0) is 14.3 Å². The summed E-state index contributed by atoms with van der Waals surface area (Å²) < 4.78 is 5.44. The summed E-state index contributed by atoms with van der Waals surface area (Å²) in [5, 5.41) is 20.7. The number of hydrogen-bond acceptors (Lipinski definition) is 4. The van der Waals surface area contributed by atoms with Crippen molar-refractivity contribution in [2.75, 3.05) is 5.32 Å². The first kappa shape index (κ1) is 14.3. The maximum Gasteiger partial charge on any atom is 0.335 e. The predicted molar refractivity (Wildman–Crippen MR) is 74.4 cm³/mol. The van der Waals surface area contributed by atoms with E-state index in [1.54, 1.807) is 12.2 Å². The lowest BCUT2D eigenvalue weighted by atomic mass is 9.82. The Bertz CT molecular complexity index is 665. The molecular weight excluding hydrogens is 290 g/mol. The van der Waals surface area contributed by atoms with E-state index in [-0.39, 0.29) is 5.56 Å². The van der Waals surface area contributed by atoms with Crippen LogP contribution >= 0.6 is 0 Å². The monoisotopic (exact) mass is 303 g/mol. The maximum absolute atomic E-state index is 12.3. The van der Waals surface area contributed by atoms with Crippen LogP contribution in [0.15, 0.2) is 36.4 Å². The van der Waals surface area contributed by atoms with Crippen molar-refractivity contribution < 1.29 is 29.3 Å². The molecule has 0 unspecified atom stereocenters. The summed E-state index contributed by atoms with van der Waals surface area (Å²) >= 11 is 0. The van der Waals surface area contributed by atoms with Gasteiger partial charge >= 0.3 is 11.9 Å². The number of carboxylic acid groups (broad SMARTS) is 2. The SMILES string of the molecule is O=C(O)c1ccc(NC(=O)[C@H]2[C@@H](C(=O)O)[C@@H]3C=C[C@@H]2O3)cc1. The summed E-state index contributed by atoms with van der Waals surface area (Å²) in [7, 11) is 0. The summed E-state index contributed by atoms with van der Waals surface area (Å²) in [6.07, 6.45) is 2.24. The average Bonchev–Trinajstić information content (AvgIpc) is 3.08. The fourth-order valence-electron chi connectivity index (χ4n) is 2.84. The Balaban J connectivity index is 1.75. The van der Waals surface area contributed by atoms with Gasteiger partial charge < -0.3 is 20.3 Å². The summed E-state index contributed by atoms with van der Waals surface area (Å²) in [5.41, 5.74) is 0.512. The highest BCUT2D eigenvalue weighted by atomic mass is 16.5. The third-order valence-corrected chi connectivity index (χ3v) is 3.89. The number of carbonyl (C=O) groups excluding carboxylic acids is 1. The highest BCUT2D eigenvalue weighted by molar-refractivity contribution is 5.97. The standard InChI is InChI=1S/C15H13NO6/c17-13(16-8-3-1-7(2-4-8)14(18)19)11-9-5-6-10(22-9)12(11)15(20)21/h1-6,9-12H,(H,16,17)(H,18,19)(H,20,21)/t9-,10-,11+,12-/m0/s1. The Hall–Kier alpha value is -2.67. The van der Waals surface area contributed by atoms with Gasteiger partial charge in [-0.3, -0.25) is 9.59 Å². The summed E-state index contributed by atoms with van der Waals surface area (Å²) in [5.74, 6) is -4.29. The quantitative estimate of drug-likeness (QED) is 0.715. The zero-order valence-corrected chi connectivity index (χ0v) is 11.3. The van der Waals surface area contributed by atoms with E-state index in [0.29, 0.717) is 5.69 Å². The van der Waals surface area contributed by atoms with E-state index in [9.17, 15) is 19.5 Å². The Morgan fingerprint density at radius 3 is 2.09 bits per heavy atom. The third kappa shape index (κ3) is 2.35. The van der Waals surface area contributed by atoms with Crippen LogP contribution in [0.2, 0.25) is 0 Å². The Labute approximate surface area is 125 Å². The first-order chi connectivity index (χ1) is 10.5. The van der Waals surface area contributed by atoms with Gasteiger partial charge in [-0.05, 0) is 24.3 Å². The molecule has 1 saturated heterocycles. The van der Waals surface area contributed by atoms with Gasteiger partial charge in [0.1, 0.15) is 5.92 Å². The first-order valence-corrected chi connectivity index (χ1v) is 6.68. The lowest BCUT2D eigenvalue weighted by Crippen LogP contribution is -2.39. The number of nitrogens with one attached hydrogen (secondary N) is 1. The van der Waals surface area contributed by atoms with Crippen LogP contribution in [0.5, 0.6) is 0 Å². The maximum atomic E-state index is 12.3. The molecule has 7 heteroatoms. The van der Waals surface area contributed by atoms with Gasteiger partial charge in [0.25, 0.3) is 0 Å². The molecule has 0 aromatic heterocycles. The summed E-state index contributed by atoms with van der Waals surface area (Å²) in [6.45, 7) is 0. The van der Waals surface area contributed by atoms with Gasteiger partial charge in [-0.15, -0.1) is 0 Å². The molecule has 3 rings (SSSR count). The van der Waals surface area contributed by atoms with E-state index in [4.69, 9.17) is 9.84 Å². The van der Waals surface area contributed by atoms with Crippen LogP contribution in [0.1, 0.15) is 10.4 Å². The highest BCUT2D eigenvalue weighted by Crippen LogP contribution is 2.39. The van der Waals surface area contributed by atoms with E-state index in [1.807, 2.05) is 0 Å². The van der Waals surface area contributed by atoms with Gasteiger partial charge in [0.2, 0.25) is 5.91 Å². The molecule has 1 aromatic rings. The molecule has 0 aliphatic carbocycles. The Morgan fingerprint density at radius 2 is 1.55 bits per heavy atom. The number of benzene rings is 1. The van der Waals surface area contributed by atoms with Gasteiger partial charge in [0.15, 0.2) is 0 Å². The number of anilines is 1. The first-order valence-electron chi connectivity index (χ1n) is 6.68. The van der Waals surface area contributed by atoms with Crippen molar-refractivity contribution in [2.45, 2.75) is 12.2 Å². The van der Waals surface area contributed by atoms with Crippen molar-refractivity contribution in [2.24, 2.45) is 11.8 Å². The number of aromatic carboxylic acids is 1. The van der Waals surface area contributed by atoms with Gasteiger partial charge in [-0.2, -0.15) is 0 Å². The van der Waals surface area contributed by atoms with E-state index in [1.165, 1.54) is 24.3 Å². The number of hydrogen-bond donors (Lipinski definition) is 3. The Kier molecular flexibility index (Phi) is 3.42. The van der Waals surface area contributed by atoms with Crippen molar-refractivity contribution in [3.05, 3.63) is 42.0 Å². The number of carbonyl (C=O) groups is 3. The van der Waals surface area contributed by atoms with E-state index >= 15 is 0 Å². The molecule has 1 fully saturated rings. The molecule has 2 aliphatic heterocycles. The second-order valence-corrected chi connectivity index (χ2v) is 5.21. The molecule has 1 aromatic carbocycles. The largest absolute Gasteiger partial charge is 0.481 e. The van der Waals surface area contributed by atoms with Crippen molar-refractivity contribution >= 4 is 23.5 Å². The Morgan fingerprint density at radius 1 is 0.955 bits per heavy atom. The number of amides is 1. The molecule has 1 amide bonds. The molecule has 2 aliphatic rings. The van der Waals surface area contributed by atoms with E-state index < -0.39 is 41.9 Å². The van der Waals surface area contributed by atoms with Gasteiger partial charge in [0.05, 0.1) is 23.7 Å². The third-order valence-electron chi connectivity index (χ3n) is 3.89. The molecule has 22 heavy (non-hydrogen) atoms. The van der Waals surface area contributed by atoms with E-state index in [2.05, 4.69) is 5.32 Å². The minimum atomic E-state index is -1.07. The number of rotatable bonds is 4. The number of carboxylic acids is 2. The predicted octanol–water partition coefficient (Wildman–Crippen LogP) is 0.977. The molecule has 2 heterocycles. The van der Waals surface area contributed by atoms with Gasteiger partial charge in [-0.25, -0.2) is 4.79 Å². The minimum Gasteiger partial charge on any atom is -0.481 e. The molecule has 114 valence electrons. The lowest BCUT2D eigenvalue weighted by Gasteiger charge is -2.21. The number of ether oxygens (including phenoxy) is 1. The fraction of sp³-hybridized carbons (Fsp3) is 0.267. The smallest absolute Gasteiger partial charge is 0.335 e. The normalized spacial score (nSPS) is 28.5. The molecule has 0 radical (unpaired) electrons. The molecular formula is C15H13NO6. The van der Waals surface area contributed by atoms with Crippen LogP contribution in [0.3, 0.4) is 0 Å². The zero-order chi connectivity index (χ0) is 15.9. The second kappa shape index (κ2) is 5.27. The summed E-state index contributed by atoms with van der Waals surface area (Å²) in [4.78, 5) is 34.4. The molecule has 2 bridgehead atoms. The number of aliphatic carboxylic acids is 1. The van der Waals surface area contributed by atoms with Gasteiger partial charge in [0, 0.05) is 5.69 Å². The second-order valence-electron chi connectivity index (χ2n) is 5.21. The van der Waals surface area contributed by atoms with Crippen molar-refractivity contribution in [3.8, 4) is 0 Å². The van der Waals surface area contributed by atoms with Crippen LogP contribution in [0.4, 0.5) is 5.69 Å². The molecule has 4 atom stereocenters. The van der Waals surface area contributed by atoms with Crippen molar-refractivity contribution in [3.63, 3.8) is 0 Å². The number of fused-ring (bicyclic) bond motifs is 2. The molecule has 0 spiro atoms. The van der Waals surface area contributed by atoms with Crippen molar-refractivity contribution in [1.29, 1.82) is 0 Å². The average molecular weight is 303 g/mol. The van der Waals surface area contributed by atoms with Gasteiger partial charge in [-0.1, -0.05) is 12.2 Å². The molecule has 3 N–H and O–H groups in total. The van der Waals surface area contributed by atoms with Crippen LogP contribution in [0, 0.1) is 11.8 Å². The van der Waals surface area contributed by atoms with Crippen LogP contribution in [-0.4, -0.2) is 40.3 Å². The van der Waals surface area contributed by atoms with Crippen molar-refractivity contribution in [1.82, 2.24) is 0 Å². The minimum absolute atomic E-state index is 0.104. The highest BCUT2D eigenvalue weighted by Gasteiger charge is 2.53. The molecule has 7 nitrogen and oxygen atoms in total. The lowest BCUT2D eigenvalue weighted by molar-refractivity contribution is -0.145. The summed E-state index contributed by atoms with van der Waals surface area (Å²) in [6, 6.07) is 5.65. The van der Waals surface area contributed by atoms with E-state index in [0.717, 1.165) is 0 Å². The van der Waals surface area contributed by atoms with Crippen LogP contribution in [0.25, 0.3) is 0 Å². The topological polar surface area (TPSA) is 113 Å². The zero-order valence-electron chi connectivity index (χ0n) is 11.3. The fourth-order valence-corrected chi connectivity index (χ4v) is 2.84. The van der Waals surface area contributed by atoms with Crippen LogP contribution < -0.4 is 5.32 Å².